The van der Waals surface area contributed by atoms with Gasteiger partial charge in [0.15, 0.2) is 0 Å². The van der Waals surface area contributed by atoms with Gasteiger partial charge >= 0.3 is 0 Å². The average Bonchev–Trinajstić information content (AvgIpc) is 2.78. The quantitative estimate of drug-likeness (QED) is 0.861. The lowest BCUT2D eigenvalue weighted by molar-refractivity contribution is 0.242. The molecule has 1 aliphatic rings. The molecule has 0 radical (unpaired) electrons. The summed E-state index contributed by atoms with van der Waals surface area (Å²) >= 11 is 0. The van der Waals surface area contributed by atoms with Crippen LogP contribution in [0.15, 0.2) is 12.4 Å². The van der Waals surface area contributed by atoms with Crippen LogP contribution in [0.25, 0.3) is 0 Å². The lowest BCUT2D eigenvalue weighted by atomic mass is 10.0. The fourth-order valence-corrected chi connectivity index (χ4v) is 2.60. The number of nitrogens with zero attached hydrogens (tertiary/aromatic N) is 3. The Morgan fingerprint density at radius 3 is 2.65 bits per heavy atom. The second kappa shape index (κ2) is 5.10. The summed E-state index contributed by atoms with van der Waals surface area (Å²) in [4.78, 5) is 11.2. The molecule has 0 aliphatic carbocycles. The zero-order valence-electron chi connectivity index (χ0n) is 10.9. The molecule has 1 aromatic heterocycles. The molecular formula is C13H22N4. The normalized spacial score (nSPS) is 24.8. The summed E-state index contributed by atoms with van der Waals surface area (Å²) in [5, 5.41) is 0. The van der Waals surface area contributed by atoms with Crippen LogP contribution >= 0.6 is 0 Å². The summed E-state index contributed by atoms with van der Waals surface area (Å²) in [5.74, 6) is 0.620. The summed E-state index contributed by atoms with van der Waals surface area (Å²) in [5.41, 5.74) is 8.10. The molecular weight excluding hydrogens is 212 g/mol. The van der Waals surface area contributed by atoms with Gasteiger partial charge < -0.3 is 5.73 Å². The molecule has 0 bridgehead atoms. The topological polar surface area (TPSA) is 55.0 Å². The highest BCUT2D eigenvalue weighted by molar-refractivity contribution is 5.13. The monoisotopic (exact) mass is 234 g/mol. The van der Waals surface area contributed by atoms with E-state index in [4.69, 9.17) is 5.73 Å². The first-order valence-electron chi connectivity index (χ1n) is 6.36. The molecule has 4 heteroatoms. The van der Waals surface area contributed by atoms with Crippen LogP contribution in [0, 0.1) is 12.8 Å². The molecule has 17 heavy (non-hydrogen) atoms. The molecule has 0 aromatic carbocycles. The summed E-state index contributed by atoms with van der Waals surface area (Å²) in [7, 11) is 0. The van der Waals surface area contributed by atoms with E-state index in [1.807, 2.05) is 6.92 Å². The first kappa shape index (κ1) is 12.5. The van der Waals surface area contributed by atoms with Crippen LogP contribution in [0.1, 0.15) is 37.7 Å². The Morgan fingerprint density at radius 1 is 1.35 bits per heavy atom. The molecule has 3 atom stereocenters. The molecule has 1 aliphatic heterocycles. The Hall–Kier alpha value is -1.00. The summed E-state index contributed by atoms with van der Waals surface area (Å²) < 4.78 is 0. The number of nitrogens with two attached hydrogens (primary N) is 1. The van der Waals surface area contributed by atoms with Crippen molar-refractivity contribution in [3.05, 3.63) is 23.8 Å². The molecule has 94 valence electrons. The maximum atomic E-state index is 5.97. The lowest BCUT2D eigenvalue weighted by Crippen LogP contribution is -2.31. The van der Waals surface area contributed by atoms with Gasteiger partial charge in [-0.2, -0.15) is 0 Å². The Labute approximate surface area is 103 Å². The van der Waals surface area contributed by atoms with Gasteiger partial charge in [0.25, 0.3) is 0 Å². The van der Waals surface area contributed by atoms with E-state index in [1.165, 1.54) is 6.42 Å². The van der Waals surface area contributed by atoms with Gasteiger partial charge in [-0.1, -0.05) is 0 Å². The number of aryl methyl sites for hydroxylation is 1. The largest absolute Gasteiger partial charge is 0.328 e. The number of likely N-dealkylation sites (tertiary alicyclic amines) is 1. The molecule has 1 saturated heterocycles. The first-order chi connectivity index (χ1) is 8.09. The number of rotatable bonds is 3. The third-order valence-electron chi connectivity index (χ3n) is 3.86. The van der Waals surface area contributed by atoms with Gasteiger partial charge in [0.1, 0.15) is 0 Å². The minimum absolute atomic E-state index is 0.287. The number of hydrogen-bond donors (Lipinski definition) is 1. The van der Waals surface area contributed by atoms with Crippen LogP contribution in [0.4, 0.5) is 0 Å². The van der Waals surface area contributed by atoms with Crippen LogP contribution in [0.2, 0.25) is 0 Å². The predicted molar refractivity (Wildman–Crippen MR) is 68.5 cm³/mol. The van der Waals surface area contributed by atoms with Crippen LogP contribution in [0.3, 0.4) is 0 Å². The molecule has 1 fully saturated rings. The lowest BCUT2D eigenvalue weighted by Gasteiger charge is -2.25. The van der Waals surface area contributed by atoms with Crippen molar-refractivity contribution in [3.63, 3.8) is 0 Å². The van der Waals surface area contributed by atoms with Crippen molar-refractivity contribution in [1.82, 2.24) is 14.9 Å². The SMILES string of the molecule is Cc1nccnc1C(C)N1CCC(C(C)N)C1. The Morgan fingerprint density at radius 2 is 2.06 bits per heavy atom. The highest BCUT2D eigenvalue weighted by atomic mass is 15.2. The standard InChI is InChI=1S/C13H22N4/c1-9(14)12-4-7-17(8-12)11(3)13-10(2)15-5-6-16-13/h5-6,9,11-12H,4,7-8,14H2,1-3H3. The van der Waals surface area contributed by atoms with Crippen molar-refractivity contribution >= 4 is 0 Å². The Kier molecular flexibility index (Phi) is 3.74. The maximum absolute atomic E-state index is 5.97. The zero-order valence-corrected chi connectivity index (χ0v) is 10.9. The van der Waals surface area contributed by atoms with E-state index in [2.05, 4.69) is 28.7 Å². The van der Waals surface area contributed by atoms with Gasteiger partial charge in [0.05, 0.1) is 17.4 Å². The number of hydrogen-bond acceptors (Lipinski definition) is 4. The second-order valence-electron chi connectivity index (χ2n) is 5.11. The zero-order chi connectivity index (χ0) is 12.4. The minimum atomic E-state index is 0.287. The van der Waals surface area contributed by atoms with E-state index in [1.54, 1.807) is 12.4 Å². The average molecular weight is 234 g/mol. The van der Waals surface area contributed by atoms with E-state index in [0.717, 1.165) is 24.5 Å². The number of aromatic nitrogens is 2. The molecule has 0 saturated carbocycles. The molecule has 4 nitrogen and oxygen atoms in total. The van der Waals surface area contributed by atoms with Gasteiger partial charge in [-0.3, -0.25) is 14.9 Å². The van der Waals surface area contributed by atoms with E-state index < -0.39 is 0 Å². The van der Waals surface area contributed by atoms with Gasteiger partial charge in [0.2, 0.25) is 0 Å². The fraction of sp³-hybridized carbons (Fsp3) is 0.692. The van der Waals surface area contributed by atoms with E-state index >= 15 is 0 Å². The molecule has 0 amide bonds. The molecule has 2 heterocycles. The van der Waals surface area contributed by atoms with Crippen molar-refractivity contribution in [2.24, 2.45) is 11.7 Å². The van der Waals surface area contributed by atoms with Gasteiger partial charge in [-0.05, 0) is 39.7 Å². The molecule has 0 spiro atoms. The second-order valence-corrected chi connectivity index (χ2v) is 5.11. The summed E-state index contributed by atoms with van der Waals surface area (Å²) in [6, 6.07) is 0.627. The van der Waals surface area contributed by atoms with Crippen LogP contribution in [-0.2, 0) is 0 Å². The summed E-state index contributed by atoms with van der Waals surface area (Å²) in [6.45, 7) is 8.53. The third kappa shape index (κ3) is 2.64. The Balaban J connectivity index is 2.07. The molecule has 2 rings (SSSR count). The van der Waals surface area contributed by atoms with Crippen molar-refractivity contribution in [2.75, 3.05) is 13.1 Å². The van der Waals surface area contributed by atoms with Gasteiger partial charge in [-0.25, -0.2) is 0 Å². The van der Waals surface area contributed by atoms with Crippen molar-refractivity contribution in [2.45, 2.75) is 39.3 Å². The molecule has 3 unspecified atom stereocenters. The molecule has 1 aromatic rings. The van der Waals surface area contributed by atoms with E-state index in [0.29, 0.717) is 12.0 Å². The summed E-state index contributed by atoms with van der Waals surface area (Å²) in [6.07, 6.45) is 4.72. The van der Waals surface area contributed by atoms with Gasteiger partial charge in [0, 0.05) is 25.0 Å². The molecule has 2 N–H and O–H groups in total. The maximum Gasteiger partial charge on any atom is 0.0784 e. The van der Waals surface area contributed by atoms with Crippen molar-refractivity contribution in [1.29, 1.82) is 0 Å². The third-order valence-corrected chi connectivity index (χ3v) is 3.86. The minimum Gasteiger partial charge on any atom is -0.328 e. The Bertz CT molecular complexity index is 377. The van der Waals surface area contributed by atoms with Crippen LogP contribution in [-0.4, -0.2) is 34.0 Å². The first-order valence-corrected chi connectivity index (χ1v) is 6.36. The van der Waals surface area contributed by atoms with Crippen LogP contribution in [0.5, 0.6) is 0 Å². The van der Waals surface area contributed by atoms with Crippen LogP contribution < -0.4 is 5.73 Å². The van der Waals surface area contributed by atoms with Crippen molar-refractivity contribution in [3.8, 4) is 0 Å². The van der Waals surface area contributed by atoms with E-state index in [-0.39, 0.29) is 6.04 Å². The highest BCUT2D eigenvalue weighted by Crippen LogP contribution is 2.28. The van der Waals surface area contributed by atoms with E-state index in [9.17, 15) is 0 Å². The van der Waals surface area contributed by atoms with Crippen molar-refractivity contribution < 1.29 is 0 Å². The fourth-order valence-electron chi connectivity index (χ4n) is 2.60. The smallest absolute Gasteiger partial charge is 0.0784 e. The predicted octanol–water partition coefficient (Wildman–Crippen LogP) is 1.52. The van der Waals surface area contributed by atoms with Gasteiger partial charge in [-0.15, -0.1) is 0 Å². The highest BCUT2D eigenvalue weighted by Gasteiger charge is 2.29.